The van der Waals surface area contributed by atoms with Crippen LogP contribution in [-0.4, -0.2) is 23.7 Å². The fourth-order valence-electron chi connectivity index (χ4n) is 2.99. The number of alkyl halides is 1. The first kappa shape index (κ1) is 20.1. The Kier molecular flexibility index (Phi) is 7.94. The van der Waals surface area contributed by atoms with Gasteiger partial charge in [-0.05, 0) is 59.0 Å². The van der Waals surface area contributed by atoms with Gasteiger partial charge in [-0.3, -0.25) is 0 Å². The summed E-state index contributed by atoms with van der Waals surface area (Å²) in [5, 5.41) is 0.849. The summed E-state index contributed by atoms with van der Waals surface area (Å²) >= 11 is 5.75. The second-order valence-corrected chi connectivity index (χ2v) is 8.80. The second-order valence-electron chi connectivity index (χ2n) is 5.74. The summed E-state index contributed by atoms with van der Waals surface area (Å²) in [5.74, 6) is 1.37. The quantitative estimate of drug-likeness (QED) is 0.146. The van der Waals surface area contributed by atoms with Crippen LogP contribution in [0.25, 0.3) is 0 Å². The third-order valence-corrected chi connectivity index (χ3v) is 6.78. The van der Waals surface area contributed by atoms with Crippen LogP contribution in [0.4, 0.5) is 0 Å². The number of benzene rings is 1. The van der Waals surface area contributed by atoms with Crippen LogP contribution in [-0.2, 0) is 24.2 Å². The zero-order valence-corrected chi connectivity index (χ0v) is 18.8. The van der Waals surface area contributed by atoms with Crippen LogP contribution in [0.5, 0.6) is 5.75 Å². The Labute approximate surface area is 168 Å². The van der Waals surface area contributed by atoms with E-state index in [1.807, 2.05) is 0 Å². The van der Waals surface area contributed by atoms with Gasteiger partial charge in [-0.2, -0.15) is 0 Å². The van der Waals surface area contributed by atoms with E-state index in [1.165, 1.54) is 16.7 Å². The van der Waals surface area contributed by atoms with Crippen LogP contribution in [0.3, 0.4) is 0 Å². The minimum Gasteiger partial charge on any atom is -0.491 e. The zero-order valence-electron chi connectivity index (χ0n) is 14.2. The summed E-state index contributed by atoms with van der Waals surface area (Å²) in [7, 11) is 1.71. The number of carbonyl (C=O) groups excluding carboxylic acids is 1. The predicted octanol–water partition coefficient (Wildman–Crippen LogP) is 5.57. The van der Waals surface area contributed by atoms with Gasteiger partial charge >= 0.3 is 5.97 Å². The molecule has 0 N–H and O–H groups in total. The molecule has 0 amide bonds. The molecular weight excluding hydrogens is 503 g/mol. The predicted molar refractivity (Wildman–Crippen MR) is 113 cm³/mol. The van der Waals surface area contributed by atoms with E-state index in [0.29, 0.717) is 18.8 Å². The first-order valence-electron chi connectivity index (χ1n) is 7.97. The van der Waals surface area contributed by atoms with Gasteiger partial charge in [0.25, 0.3) is 0 Å². The Bertz CT molecular complexity index is 658. The number of cyclic esters (lactones) is 1. The zero-order chi connectivity index (χ0) is 17.7. The molecule has 0 bridgehead atoms. The van der Waals surface area contributed by atoms with Crippen molar-refractivity contribution in [3.63, 3.8) is 0 Å². The van der Waals surface area contributed by atoms with E-state index in [1.54, 1.807) is 8.93 Å². The lowest BCUT2D eigenvalue weighted by Gasteiger charge is -2.20. The molecule has 24 heavy (non-hydrogen) atoms. The largest absolute Gasteiger partial charge is 0.491 e. The summed E-state index contributed by atoms with van der Waals surface area (Å²) in [4.78, 5) is 12.3. The van der Waals surface area contributed by atoms with Crippen LogP contribution < -0.4 is 4.74 Å². The Balaban J connectivity index is 2.57. The minimum absolute atomic E-state index is 0.254. The molecule has 0 saturated heterocycles. The summed E-state index contributed by atoms with van der Waals surface area (Å²) in [6, 6.07) is 0. The maximum Gasteiger partial charge on any atom is 0.342 e. The number of rotatable bonds is 8. The van der Waals surface area contributed by atoms with E-state index in [2.05, 4.69) is 64.0 Å². The lowest BCUT2D eigenvalue weighted by atomic mass is 9.89. The average Bonchev–Trinajstić information content (AvgIpc) is 2.97. The highest BCUT2D eigenvalue weighted by molar-refractivity contribution is 14.2. The van der Waals surface area contributed by atoms with Crippen LogP contribution in [0.2, 0.25) is 0 Å². The molecule has 2 rings (SSSR count). The lowest BCUT2D eigenvalue weighted by molar-refractivity contribution is 0.0532. The third-order valence-electron chi connectivity index (χ3n) is 4.25. The van der Waals surface area contributed by atoms with Crippen LogP contribution in [0.15, 0.2) is 11.6 Å². The van der Waals surface area contributed by atoms with E-state index >= 15 is 0 Å². The molecule has 6 heteroatoms. The number of halogens is 2. The standard InChI is InChI=1S/C18H22BrIO3S/c1-4-13-12(3)15-10-23-18(21)16(15)17(22-7-8-24-20)14(13)6-5-11(2)9-19/h5H,4,6-10H2,1-3H3/b11-5+. The smallest absolute Gasteiger partial charge is 0.342 e. The van der Waals surface area contributed by atoms with E-state index in [9.17, 15) is 4.79 Å². The first-order chi connectivity index (χ1) is 11.5. The molecule has 1 heterocycles. The fourth-order valence-corrected chi connectivity index (χ4v) is 3.90. The summed E-state index contributed by atoms with van der Waals surface area (Å²) in [6.45, 7) is 7.30. The van der Waals surface area contributed by atoms with Gasteiger partial charge in [-0.25, -0.2) is 4.79 Å². The summed E-state index contributed by atoms with van der Waals surface area (Å²) in [5.41, 5.74) is 6.50. The maximum atomic E-state index is 12.3. The number of allylic oxidation sites excluding steroid dienone is 2. The molecule has 0 unspecified atom stereocenters. The van der Waals surface area contributed by atoms with Crippen molar-refractivity contribution in [1.29, 1.82) is 0 Å². The number of hydrogen-bond donors (Lipinski definition) is 0. The Hall–Kier alpha value is -0.210. The third kappa shape index (κ3) is 4.30. The van der Waals surface area contributed by atoms with Crippen molar-refractivity contribution >= 4 is 52.0 Å². The number of esters is 1. The molecule has 1 aromatic rings. The number of hydrogen-bond acceptors (Lipinski definition) is 4. The maximum absolute atomic E-state index is 12.3. The van der Waals surface area contributed by atoms with Gasteiger partial charge in [0.15, 0.2) is 0 Å². The van der Waals surface area contributed by atoms with Crippen molar-refractivity contribution < 1.29 is 14.3 Å². The SMILES string of the molecule is CCc1c(C)c2c(c(OCCSI)c1C/C=C(\C)CBr)C(=O)OC2. The molecule has 0 fully saturated rings. The summed E-state index contributed by atoms with van der Waals surface area (Å²) < 4.78 is 11.4. The second kappa shape index (κ2) is 9.48. The molecule has 1 aromatic carbocycles. The van der Waals surface area contributed by atoms with Crippen molar-refractivity contribution in [3.05, 3.63) is 39.5 Å². The molecule has 0 radical (unpaired) electrons. The van der Waals surface area contributed by atoms with Gasteiger partial charge in [0.05, 0.1) is 6.61 Å². The van der Waals surface area contributed by atoms with Crippen molar-refractivity contribution in [1.82, 2.24) is 0 Å². The van der Waals surface area contributed by atoms with E-state index in [-0.39, 0.29) is 5.97 Å². The van der Waals surface area contributed by atoms with E-state index in [4.69, 9.17) is 9.47 Å². The van der Waals surface area contributed by atoms with Crippen LogP contribution in [0, 0.1) is 6.92 Å². The Morgan fingerprint density at radius 3 is 2.83 bits per heavy atom. The van der Waals surface area contributed by atoms with E-state index in [0.717, 1.165) is 40.8 Å². The van der Waals surface area contributed by atoms with E-state index < -0.39 is 0 Å². The molecule has 1 aliphatic rings. The topological polar surface area (TPSA) is 35.5 Å². The van der Waals surface area contributed by atoms with Crippen LogP contribution >= 0.6 is 46.1 Å². The molecule has 0 saturated carbocycles. The molecule has 0 aromatic heterocycles. The fraction of sp³-hybridized carbons (Fsp3) is 0.500. The van der Waals surface area contributed by atoms with Crippen molar-refractivity contribution in [2.45, 2.75) is 40.2 Å². The van der Waals surface area contributed by atoms with Gasteiger partial charge in [0.1, 0.15) is 17.9 Å². The highest BCUT2D eigenvalue weighted by Gasteiger charge is 2.31. The van der Waals surface area contributed by atoms with Gasteiger partial charge in [-0.1, -0.05) is 43.4 Å². The van der Waals surface area contributed by atoms with Crippen molar-refractivity contribution in [2.24, 2.45) is 0 Å². The lowest BCUT2D eigenvalue weighted by Crippen LogP contribution is -2.11. The number of fused-ring (bicyclic) bond motifs is 1. The highest BCUT2D eigenvalue weighted by Crippen LogP contribution is 2.39. The normalized spacial score (nSPS) is 13.9. The van der Waals surface area contributed by atoms with Gasteiger partial charge in [-0.15, -0.1) is 0 Å². The average molecular weight is 525 g/mol. The highest BCUT2D eigenvalue weighted by atomic mass is 127. The molecule has 0 aliphatic carbocycles. The Morgan fingerprint density at radius 2 is 2.21 bits per heavy atom. The molecule has 0 spiro atoms. The van der Waals surface area contributed by atoms with Gasteiger partial charge < -0.3 is 9.47 Å². The first-order valence-corrected chi connectivity index (χ1v) is 12.6. The minimum atomic E-state index is -0.254. The van der Waals surface area contributed by atoms with Crippen molar-refractivity contribution in [2.75, 3.05) is 17.7 Å². The number of carbonyl (C=O) groups is 1. The van der Waals surface area contributed by atoms with Gasteiger partial charge in [0.2, 0.25) is 0 Å². The monoisotopic (exact) mass is 524 g/mol. The van der Waals surface area contributed by atoms with Gasteiger partial charge in [0, 0.05) is 22.2 Å². The van der Waals surface area contributed by atoms with Crippen molar-refractivity contribution in [3.8, 4) is 5.75 Å². The molecule has 132 valence electrons. The number of ether oxygens (including phenoxy) is 2. The molecule has 3 nitrogen and oxygen atoms in total. The van der Waals surface area contributed by atoms with Crippen LogP contribution in [0.1, 0.15) is 46.5 Å². The summed E-state index contributed by atoms with van der Waals surface area (Å²) in [6.07, 6.45) is 3.89. The Morgan fingerprint density at radius 1 is 1.46 bits per heavy atom. The molecule has 1 aliphatic heterocycles. The molecular formula is C18H22BrIO3S. The molecule has 0 atom stereocenters.